The van der Waals surface area contributed by atoms with E-state index in [0.717, 1.165) is 34.6 Å². The Morgan fingerprint density at radius 3 is 2.90 bits per heavy atom. The Morgan fingerprint density at radius 1 is 1.35 bits per heavy atom. The van der Waals surface area contributed by atoms with E-state index in [0.29, 0.717) is 19.0 Å². The predicted molar refractivity (Wildman–Crippen MR) is 81.7 cm³/mol. The lowest BCUT2D eigenvalue weighted by atomic mass is 10.2. The number of rotatable bonds is 7. The molecule has 0 saturated carbocycles. The molecule has 108 valence electrons. The summed E-state index contributed by atoms with van der Waals surface area (Å²) in [5, 5.41) is 3.32. The Bertz CT molecular complexity index is 555. The molecule has 0 saturated heterocycles. The lowest BCUT2D eigenvalue weighted by Crippen LogP contribution is -2.14. The zero-order valence-corrected chi connectivity index (χ0v) is 13.4. The zero-order chi connectivity index (χ0) is 14.4. The van der Waals surface area contributed by atoms with E-state index < -0.39 is 0 Å². The van der Waals surface area contributed by atoms with E-state index in [1.54, 1.807) is 6.20 Å². The summed E-state index contributed by atoms with van der Waals surface area (Å²) in [7, 11) is 0. The SMILES string of the molecule is CCCOc1ccc(Br)cc1CNCc1ncc(C)o1. The smallest absolute Gasteiger partial charge is 0.208 e. The van der Waals surface area contributed by atoms with Crippen LogP contribution in [0.15, 0.2) is 33.3 Å². The standard InChI is InChI=1S/C15H19BrN2O2/c1-3-6-19-14-5-4-13(16)7-12(14)9-17-10-15-18-8-11(2)20-15/h4-5,7-8,17H,3,6,9-10H2,1-2H3. The fraction of sp³-hybridized carbons (Fsp3) is 0.400. The third-order valence-electron chi connectivity index (χ3n) is 2.75. The number of ether oxygens (including phenoxy) is 1. The van der Waals surface area contributed by atoms with Crippen LogP contribution in [0.1, 0.15) is 30.6 Å². The topological polar surface area (TPSA) is 47.3 Å². The van der Waals surface area contributed by atoms with Crippen LogP contribution in [0.3, 0.4) is 0 Å². The van der Waals surface area contributed by atoms with Gasteiger partial charge in [0.1, 0.15) is 11.5 Å². The van der Waals surface area contributed by atoms with Crippen molar-refractivity contribution in [2.24, 2.45) is 0 Å². The number of oxazole rings is 1. The van der Waals surface area contributed by atoms with Crippen LogP contribution in [0.2, 0.25) is 0 Å². The number of aromatic nitrogens is 1. The second kappa shape index (κ2) is 7.45. The van der Waals surface area contributed by atoms with Crippen LogP contribution in [0.5, 0.6) is 5.75 Å². The second-order valence-corrected chi connectivity index (χ2v) is 5.48. The van der Waals surface area contributed by atoms with Gasteiger partial charge >= 0.3 is 0 Å². The molecule has 0 aliphatic carbocycles. The van der Waals surface area contributed by atoms with Crippen molar-refractivity contribution in [2.75, 3.05) is 6.61 Å². The lowest BCUT2D eigenvalue weighted by molar-refractivity contribution is 0.313. The third kappa shape index (κ3) is 4.35. The van der Waals surface area contributed by atoms with Crippen molar-refractivity contribution in [1.29, 1.82) is 0 Å². The molecule has 0 aliphatic heterocycles. The largest absolute Gasteiger partial charge is 0.493 e. The Labute approximate surface area is 127 Å². The monoisotopic (exact) mass is 338 g/mol. The minimum Gasteiger partial charge on any atom is -0.493 e. The van der Waals surface area contributed by atoms with E-state index in [1.807, 2.05) is 19.1 Å². The van der Waals surface area contributed by atoms with Gasteiger partial charge in [-0.25, -0.2) is 4.98 Å². The minimum atomic E-state index is 0.605. The average molecular weight is 339 g/mol. The average Bonchev–Trinajstić information content (AvgIpc) is 2.84. The predicted octanol–water partition coefficient (Wildman–Crippen LogP) is 3.82. The molecule has 20 heavy (non-hydrogen) atoms. The number of hydrogen-bond donors (Lipinski definition) is 1. The minimum absolute atomic E-state index is 0.605. The first-order valence-electron chi connectivity index (χ1n) is 6.72. The van der Waals surface area contributed by atoms with E-state index in [9.17, 15) is 0 Å². The van der Waals surface area contributed by atoms with Crippen molar-refractivity contribution in [1.82, 2.24) is 10.3 Å². The highest BCUT2D eigenvalue weighted by molar-refractivity contribution is 9.10. The van der Waals surface area contributed by atoms with E-state index >= 15 is 0 Å². The Balaban J connectivity index is 1.95. The number of hydrogen-bond acceptors (Lipinski definition) is 4. The van der Waals surface area contributed by atoms with E-state index in [-0.39, 0.29) is 0 Å². The molecule has 0 spiro atoms. The summed E-state index contributed by atoms with van der Waals surface area (Å²) in [6, 6.07) is 6.05. The summed E-state index contributed by atoms with van der Waals surface area (Å²) in [5.74, 6) is 2.45. The molecule has 1 heterocycles. The molecular formula is C15H19BrN2O2. The van der Waals surface area contributed by atoms with Crippen LogP contribution in [0, 0.1) is 6.92 Å². The first-order valence-corrected chi connectivity index (χ1v) is 7.51. The highest BCUT2D eigenvalue weighted by Gasteiger charge is 2.06. The fourth-order valence-electron chi connectivity index (χ4n) is 1.83. The van der Waals surface area contributed by atoms with Gasteiger partial charge in [-0.05, 0) is 31.5 Å². The molecule has 4 nitrogen and oxygen atoms in total. The Hall–Kier alpha value is -1.33. The number of nitrogens with zero attached hydrogens (tertiary/aromatic N) is 1. The van der Waals surface area contributed by atoms with Crippen molar-refractivity contribution >= 4 is 15.9 Å². The van der Waals surface area contributed by atoms with E-state index in [2.05, 4.69) is 39.2 Å². The van der Waals surface area contributed by atoms with Crippen molar-refractivity contribution in [2.45, 2.75) is 33.4 Å². The van der Waals surface area contributed by atoms with Gasteiger partial charge in [-0.3, -0.25) is 0 Å². The molecule has 0 bridgehead atoms. The number of halogens is 1. The van der Waals surface area contributed by atoms with Gasteiger partial charge in [0, 0.05) is 16.6 Å². The maximum absolute atomic E-state index is 5.75. The third-order valence-corrected chi connectivity index (χ3v) is 3.24. The second-order valence-electron chi connectivity index (χ2n) is 4.57. The fourth-order valence-corrected chi connectivity index (χ4v) is 2.23. The van der Waals surface area contributed by atoms with Crippen molar-refractivity contribution in [3.05, 3.63) is 46.1 Å². The number of nitrogens with one attached hydrogen (secondary N) is 1. The summed E-state index contributed by atoms with van der Waals surface area (Å²) in [4.78, 5) is 4.17. The van der Waals surface area contributed by atoms with Crippen molar-refractivity contribution in [3.8, 4) is 5.75 Å². The summed E-state index contributed by atoms with van der Waals surface area (Å²) in [6.45, 7) is 6.03. The van der Waals surface area contributed by atoms with Crippen molar-refractivity contribution in [3.63, 3.8) is 0 Å². The Morgan fingerprint density at radius 2 is 2.20 bits per heavy atom. The summed E-state index contributed by atoms with van der Waals surface area (Å²) in [6.07, 6.45) is 2.73. The maximum atomic E-state index is 5.75. The van der Waals surface area contributed by atoms with Gasteiger partial charge < -0.3 is 14.5 Å². The van der Waals surface area contributed by atoms with Gasteiger partial charge in [0.05, 0.1) is 19.3 Å². The molecule has 0 atom stereocenters. The summed E-state index contributed by atoms with van der Waals surface area (Å²) < 4.78 is 12.2. The first-order chi connectivity index (χ1) is 9.69. The quantitative estimate of drug-likeness (QED) is 0.833. The van der Waals surface area contributed by atoms with Gasteiger partial charge in [-0.2, -0.15) is 0 Å². The normalized spacial score (nSPS) is 10.8. The molecule has 0 radical (unpaired) electrons. The summed E-state index contributed by atoms with van der Waals surface area (Å²) >= 11 is 3.49. The van der Waals surface area contributed by atoms with Crippen LogP contribution in [0.4, 0.5) is 0 Å². The number of benzene rings is 1. The van der Waals surface area contributed by atoms with Crippen LogP contribution >= 0.6 is 15.9 Å². The van der Waals surface area contributed by atoms with Gasteiger partial charge in [0.25, 0.3) is 0 Å². The lowest BCUT2D eigenvalue weighted by Gasteiger charge is -2.11. The summed E-state index contributed by atoms with van der Waals surface area (Å²) in [5.41, 5.74) is 1.12. The highest BCUT2D eigenvalue weighted by Crippen LogP contribution is 2.23. The number of aryl methyl sites for hydroxylation is 1. The molecule has 0 amide bonds. The molecule has 1 aromatic heterocycles. The van der Waals surface area contributed by atoms with E-state index in [4.69, 9.17) is 9.15 Å². The van der Waals surface area contributed by atoms with Crippen LogP contribution in [0.25, 0.3) is 0 Å². The molecule has 0 unspecified atom stereocenters. The molecule has 0 fully saturated rings. The highest BCUT2D eigenvalue weighted by atomic mass is 79.9. The molecule has 2 aromatic rings. The van der Waals surface area contributed by atoms with E-state index in [1.165, 1.54) is 0 Å². The van der Waals surface area contributed by atoms with Crippen LogP contribution in [-0.4, -0.2) is 11.6 Å². The zero-order valence-electron chi connectivity index (χ0n) is 11.8. The molecule has 0 aliphatic rings. The van der Waals surface area contributed by atoms with Gasteiger partial charge in [0.15, 0.2) is 0 Å². The molecule has 1 aromatic carbocycles. The molecular weight excluding hydrogens is 320 g/mol. The molecule has 2 rings (SSSR count). The van der Waals surface area contributed by atoms with Gasteiger partial charge in [0.2, 0.25) is 5.89 Å². The van der Waals surface area contributed by atoms with Gasteiger partial charge in [-0.15, -0.1) is 0 Å². The first kappa shape index (κ1) is 15.1. The van der Waals surface area contributed by atoms with Crippen LogP contribution < -0.4 is 10.1 Å². The molecule has 1 N–H and O–H groups in total. The van der Waals surface area contributed by atoms with Crippen molar-refractivity contribution < 1.29 is 9.15 Å². The van der Waals surface area contributed by atoms with Crippen LogP contribution in [-0.2, 0) is 13.1 Å². The Kier molecular flexibility index (Phi) is 5.61. The molecule has 5 heteroatoms. The van der Waals surface area contributed by atoms with Gasteiger partial charge in [-0.1, -0.05) is 22.9 Å². The maximum Gasteiger partial charge on any atom is 0.208 e.